The maximum atomic E-state index is 12.2. The highest BCUT2D eigenvalue weighted by Gasteiger charge is 2.33. The fourth-order valence-electron chi connectivity index (χ4n) is 6.01. The quantitative estimate of drug-likeness (QED) is 0.0445. The Kier molecular flexibility index (Phi) is 29.8. The summed E-state index contributed by atoms with van der Waals surface area (Å²) in [5, 5.41) is 5.93. The SMILES string of the molecule is CC(C)CCC(C)(C)C1CCC(OCCOCCOCCOCCOCCOCCOCCOCCOCCOCCOC(=O)C2=CSC(=C3SC=CS3)S2)CC1. The van der Waals surface area contributed by atoms with E-state index >= 15 is 0 Å². The second-order valence-electron chi connectivity index (χ2n) is 14.7. The van der Waals surface area contributed by atoms with Crippen molar-refractivity contribution in [2.45, 2.75) is 72.3 Å². The molecule has 3 rings (SSSR count). The molecule has 0 atom stereocenters. The summed E-state index contributed by atoms with van der Waals surface area (Å²) in [5.41, 5.74) is 0.437. The molecule has 1 saturated carbocycles. The van der Waals surface area contributed by atoms with Gasteiger partial charge in [-0.2, -0.15) is 0 Å². The maximum absolute atomic E-state index is 12.2. The van der Waals surface area contributed by atoms with Crippen LogP contribution in [0.2, 0.25) is 0 Å². The van der Waals surface area contributed by atoms with Gasteiger partial charge >= 0.3 is 5.97 Å². The summed E-state index contributed by atoms with van der Waals surface area (Å²) in [6.45, 7) is 19.4. The van der Waals surface area contributed by atoms with E-state index in [1.165, 1.54) is 54.5 Å². The smallest absolute Gasteiger partial charge is 0.345 e. The molecule has 57 heavy (non-hydrogen) atoms. The fraction of sp³-hybridized carbons (Fsp3) is 0.829. The van der Waals surface area contributed by atoms with E-state index in [4.69, 9.17) is 52.1 Å². The summed E-state index contributed by atoms with van der Waals surface area (Å²) in [6.07, 6.45) is 7.92. The number of hydrogen-bond acceptors (Lipinski definition) is 16. The molecule has 12 nitrogen and oxygen atoms in total. The van der Waals surface area contributed by atoms with Crippen LogP contribution in [0.1, 0.15) is 66.2 Å². The van der Waals surface area contributed by atoms with Crippen molar-refractivity contribution in [1.29, 1.82) is 0 Å². The summed E-state index contributed by atoms with van der Waals surface area (Å²) in [6, 6.07) is 0. The number of rotatable bonds is 36. The molecule has 2 aliphatic heterocycles. The van der Waals surface area contributed by atoms with Crippen LogP contribution in [0.5, 0.6) is 0 Å². The molecule has 0 amide bonds. The zero-order valence-electron chi connectivity index (χ0n) is 34.9. The Hall–Kier alpha value is -0.310. The molecule has 0 unspecified atom stereocenters. The van der Waals surface area contributed by atoms with Crippen molar-refractivity contribution in [1.82, 2.24) is 0 Å². The molecule has 0 bridgehead atoms. The minimum Gasteiger partial charge on any atom is -0.459 e. The molecule has 0 N–H and O–H groups in total. The first kappa shape index (κ1) is 51.0. The molecule has 0 aromatic carbocycles. The topological polar surface area (TPSA) is 119 Å². The number of carbonyl (C=O) groups is 1. The lowest BCUT2D eigenvalue weighted by Crippen LogP contribution is -2.31. The first-order chi connectivity index (χ1) is 27.8. The Morgan fingerprint density at radius 2 is 0.982 bits per heavy atom. The molecule has 0 saturated heterocycles. The molecule has 1 fully saturated rings. The van der Waals surface area contributed by atoms with Gasteiger partial charge in [0.15, 0.2) is 0 Å². The summed E-state index contributed by atoms with van der Waals surface area (Å²) in [5.74, 6) is 1.29. The number of esters is 1. The Morgan fingerprint density at radius 1 is 0.579 bits per heavy atom. The first-order valence-corrected chi connectivity index (χ1v) is 24.1. The number of thioether (sulfide) groups is 4. The van der Waals surface area contributed by atoms with Crippen LogP contribution in [-0.4, -0.2) is 144 Å². The van der Waals surface area contributed by atoms with Crippen LogP contribution < -0.4 is 0 Å². The number of hydrogen-bond donors (Lipinski definition) is 0. The molecule has 330 valence electrons. The van der Waals surface area contributed by atoms with E-state index in [2.05, 4.69) is 27.7 Å². The summed E-state index contributed by atoms with van der Waals surface area (Å²) in [4.78, 5) is 12.8. The van der Waals surface area contributed by atoms with Gasteiger partial charge in [0.1, 0.15) is 11.5 Å². The van der Waals surface area contributed by atoms with Crippen molar-refractivity contribution in [3.8, 4) is 0 Å². The second-order valence-corrected chi connectivity index (χ2v) is 19.0. The van der Waals surface area contributed by atoms with E-state index in [0.717, 1.165) is 16.1 Å². The van der Waals surface area contributed by atoms with E-state index in [9.17, 15) is 4.79 Å². The van der Waals surface area contributed by atoms with Crippen LogP contribution in [0, 0.1) is 17.3 Å². The summed E-state index contributed by atoms with van der Waals surface area (Å²) >= 11 is 6.38. The minimum atomic E-state index is -0.313. The largest absolute Gasteiger partial charge is 0.459 e. The van der Waals surface area contributed by atoms with Crippen LogP contribution in [0.25, 0.3) is 0 Å². The van der Waals surface area contributed by atoms with Crippen LogP contribution in [0.4, 0.5) is 0 Å². The third-order valence-corrected chi connectivity index (χ3v) is 14.4. The maximum Gasteiger partial charge on any atom is 0.345 e. The van der Waals surface area contributed by atoms with Gasteiger partial charge in [0.2, 0.25) is 0 Å². The first-order valence-electron chi connectivity index (χ1n) is 20.6. The van der Waals surface area contributed by atoms with E-state index in [0.29, 0.717) is 142 Å². The van der Waals surface area contributed by atoms with Crippen LogP contribution in [0.15, 0.2) is 29.6 Å². The number of ether oxygens (including phenoxy) is 11. The minimum absolute atomic E-state index is 0.209. The van der Waals surface area contributed by atoms with Crippen molar-refractivity contribution in [2.24, 2.45) is 17.3 Å². The van der Waals surface area contributed by atoms with Gasteiger partial charge in [-0.05, 0) is 65.6 Å². The molecule has 16 heteroatoms. The third-order valence-electron chi connectivity index (χ3n) is 9.41. The van der Waals surface area contributed by atoms with E-state index in [-0.39, 0.29) is 12.6 Å². The lowest BCUT2D eigenvalue weighted by atomic mass is 9.68. The highest BCUT2D eigenvalue weighted by atomic mass is 32.2. The Labute approximate surface area is 359 Å². The van der Waals surface area contributed by atoms with Crippen LogP contribution in [0.3, 0.4) is 0 Å². The lowest BCUT2D eigenvalue weighted by Gasteiger charge is -2.39. The third kappa shape index (κ3) is 25.3. The monoisotopic (exact) mass is 882 g/mol. The lowest BCUT2D eigenvalue weighted by molar-refractivity contribution is -0.139. The van der Waals surface area contributed by atoms with Gasteiger partial charge in [-0.1, -0.05) is 81.2 Å². The molecule has 2 heterocycles. The Bertz CT molecular complexity index is 1120. The van der Waals surface area contributed by atoms with Gasteiger partial charge in [-0.25, -0.2) is 4.79 Å². The Morgan fingerprint density at radius 3 is 1.40 bits per heavy atom. The normalized spacial score (nSPS) is 18.6. The summed E-state index contributed by atoms with van der Waals surface area (Å²) in [7, 11) is 0. The van der Waals surface area contributed by atoms with E-state index in [1.54, 1.807) is 35.3 Å². The van der Waals surface area contributed by atoms with Gasteiger partial charge in [0, 0.05) is 0 Å². The van der Waals surface area contributed by atoms with E-state index in [1.807, 2.05) is 16.2 Å². The Balaban J connectivity index is 0.924. The van der Waals surface area contributed by atoms with Crippen LogP contribution in [-0.2, 0) is 56.9 Å². The van der Waals surface area contributed by atoms with Crippen molar-refractivity contribution in [2.75, 3.05) is 132 Å². The molecule has 0 spiro atoms. The van der Waals surface area contributed by atoms with Crippen LogP contribution >= 0.6 is 47.0 Å². The number of carbonyl (C=O) groups excluding carboxylic acids is 1. The highest BCUT2D eigenvalue weighted by Crippen LogP contribution is 2.53. The van der Waals surface area contributed by atoms with Crippen molar-refractivity contribution < 1.29 is 56.9 Å². The predicted octanol–water partition coefficient (Wildman–Crippen LogP) is 8.12. The van der Waals surface area contributed by atoms with Gasteiger partial charge in [0.25, 0.3) is 0 Å². The van der Waals surface area contributed by atoms with Crippen molar-refractivity contribution in [3.05, 3.63) is 29.6 Å². The average molecular weight is 883 g/mol. The second kappa shape index (κ2) is 33.3. The predicted molar refractivity (Wildman–Crippen MR) is 232 cm³/mol. The average Bonchev–Trinajstić information content (AvgIpc) is 3.93. The van der Waals surface area contributed by atoms with Gasteiger partial charge in [-0.15, -0.1) is 0 Å². The zero-order valence-corrected chi connectivity index (χ0v) is 38.1. The molecular weight excluding hydrogens is 813 g/mol. The molecule has 1 aliphatic carbocycles. The molecule has 0 radical (unpaired) electrons. The van der Waals surface area contributed by atoms with Crippen molar-refractivity contribution in [3.63, 3.8) is 0 Å². The fourth-order valence-corrected chi connectivity index (χ4v) is 10.3. The zero-order chi connectivity index (χ0) is 40.7. The van der Waals surface area contributed by atoms with Gasteiger partial charge < -0.3 is 52.1 Å². The standard InChI is InChI=1S/C41H70O12S4/c1-34(2)9-10-41(3,4)35-5-7-36(8-6-35)52-29-27-50-25-23-48-21-19-46-17-15-44-13-11-43-12-14-45-16-18-47-20-22-49-24-26-51-28-30-53-38(42)37-33-56-40(57-37)39-54-31-32-55-39/h31-36H,5-30H2,1-4H3. The molecule has 3 aliphatic rings. The van der Waals surface area contributed by atoms with Gasteiger partial charge in [-0.3, -0.25) is 0 Å². The summed E-state index contributed by atoms with van der Waals surface area (Å²) < 4.78 is 63.6. The van der Waals surface area contributed by atoms with Crippen molar-refractivity contribution >= 4 is 53.0 Å². The van der Waals surface area contributed by atoms with Gasteiger partial charge in [0.05, 0.1) is 140 Å². The molecule has 0 aromatic heterocycles. The van der Waals surface area contributed by atoms with E-state index < -0.39 is 0 Å². The highest BCUT2D eigenvalue weighted by molar-refractivity contribution is 8.33. The molecular formula is C41H70O12S4. The molecule has 0 aromatic rings.